The average molecular weight is 354 g/mol. The number of halogens is 1. The van der Waals surface area contributed by atoms with Crippen LogP contribution in [0.2, 0.25) is 0 Å². The molecule has 0 saturated carbocycles. The molecule has 3 nitrogen and oxygen atoms in total. The molecule has 2 aromatic rings. The Morgan fingerprint density at radius 3 is 2.30 bits per heavy atom. The monoisotopic (exact) mass is 353 g/mol. The summed E-state index contributed by atoms with van der Waals surface area (Å²) in [7, 11) is -3.56. The molecule has 0 heterocycles. The van der Waals surface area contributed by atoms with E-state index >= 15 is 0 Å². The predicted octanol–water partition coefficient (Wildman–Crippen LogP) is 4.18. The van der Waals surface area contributed by atoms with Gasteiger partial charge in [0.1, 0.15) is 0 Å². The van der Waals surface area contributed by atoms with Crippen molar-refractivity contribution < 1.29 is 8.42 Å². The minimum atomic E-state index is -3.56. The normalized spacial score (nSPS) is 11.4. The van der Waals surface area contributed by atoms with Crippen LogP contribution in [0.15, 0.2) is 45.8 Å². The lowest BCUT2D eigenvalue weighted by Gasteiger charge is -2.12. The highest BCUT2D eigenvalue weighted by Crippen LogP contribution is 2.24. The zero-order valence-electron chi connectivity index (χ0n) is 11.6. The van der Waals surface area contributed by atoms with E-state index in [2.05, 4.69) is 20.7 Å². The van der Waals surface area contributed by atoms with E-state index in [1.165, 1.54) is 0 Å². The number of benzene rings is 2. The van der Waals surface area contributed by atoms with E-state index in [1.807, 2.05) is 39.0 Å². The van der Waals surface area contributed by atoms with Crippen molar-refractivity contribution in [3.8, 4) is 0 Å². The fourth-order valence-electron chi connectivity index (χ4n) is 1.83. The first kappa shape index (κ1) is 15.1. The molecule has 0 amide bonds. The Hall–Kier alpha value is -1.33. The highest BCUT2D eigenvalue weighted by molar-refractivity contribution is 9.10. The molecular weight excluding hydrogens is 338 g/mol. The maximum absolute atomic E-state index is 12.4. The van der Waals surface area contributed by atoms with Crippen LogP contribution in [0.4, 0.5) is 5.69 Å². The van der Waals surface area contributed by atoms with Gasteiger partial charge in [-0.3, -0.25) is 4.72 Å². The smallest absolute Gasteiger partial charge is 0.261 e. The van der Waals surface area contributed by atoms with Crippen LogP contribution < -0.4 is 4.72 Å². The summed E-state index contributed by atoms with van der Waals surface area (Å²) >= 11 is 3.37. The number of hydrogen-bond acceptors (Lipinski definition) is 2. The van der Waals surface area contributed by atoms with Gasteiger partial charge < -0.3 is 0 Å². The molecule has 0 fully saturated rings. The number of hydrogen-bond donors (Lipinski definition) is 1. The summed E-state index contributed by atoms with van der Waals surface area (Å²) in [5, 5.41) is 0. The van der Waals surface area contributed by atoms with E-state index in [1.54, 1.807) is 18.2 Å². The van der Waals surface area contributed by atoms with Crippen LogP contribution in [0, 0.1) is 20.8 Å². The van der Waals surface area contributed by atoms with Gasteiger partial charge in [0.15, 0.2) is 0 Å². The minimum absolute atomic E-state index is 0.263. The molecule has 0 aliphatic rings. The fourth-order valence-corrected chi connectivity index (χ4v) is 3.29. The number of sulfonamides is 1. The van der Waals surface area contributed by atoms with Gasteiger partial charge >= 0.3 is 0 Å². The minimum Gasteiger partial charge on any atom is -0.279 e. The lowest BCUT2D eigenvalue weighted by molar-refractivity contribution is 0.601. The van der Waals surface area contributed by atoms with E-state index in [0.29, 0.717) is 5.69 Å². The molecular formula is C15H16BrNO2S. The van der Waals surface area contributed by atoms with Gasteiger partial charge in [0, 0.05) is 4.47 Å². The van der Waals surface area contributed by atoms with Crippen molar-refractivity contribution in [2.75, 3.05) is 4.72 Å². The highest BCUT2D eigenvalue weighted by Gasteiger charge is 2.16. The molecule has 0 radical (unpaired) electrons. The van der Waals surface area contributed by atoms with Crippen LogP contribution in [-0.4, -0.2) is 8.42 Å². The molecule has 0 aliphatic carbocycles. The topological polar surface area (TPSA) is 46.2 Å². The van der Waals surface area contributed by atoms with Crippen molar-refractivity contribution in [2.24, 2.45) is 0 Å². The first-order valence-corrected chi connectivity index (χ1v) is 8.43. The Bertz CT molecular complexity index is 754. The van der Waals surface area contributed by atoms with E-state index in [0.717, 1.165) is 21.2 Å². The summed E-state index contributed by atoms with van der Waals surface area (Å²) < 4.78 is 28.3. The van der Waals surface area contributed by atoms with Gasteiger partial charge in [0.2, 0.25) is 0 Å². The molecule has 0 unspecified atom stereocenters. The van der Waals surface area contributed by atoms with Gasteiger partial charge in [-0.25, -0.2) is 8.42 Å². The van der Waals surface area contributed by atoms with Gasteiger partial charge in [-0.05, 0) is 61.7 Å². The average Bonchev–Trinajstić information content (AvgIpc) is 2.36. The van der Waals surface area contributed by atoms with Crippen LogP contribution in [0.25, 0.3) is 0 Å². The Morgan fingerprint density at radius 2 is 1.65 bits per heavy atom. The summed E-state index contributed by atoms with van der Waals surface area (Å²) in [5.74, 6) is 0. The maximum Gasteiger partial charge on any atom is 0.261 e. The third-order valence-corrected chi connectivity index (χ3v) is 5.33. The number of anilines is 1. The summed E-state index contributed by atoms with van der Waals surface area (Å²) in [6.07, 6.45) is 0. The third-order valence-electron chi connectivity index (χ3n) is 3.08. The van der Waals surface area contributed by atoms with Crippen molar-refractivity contribution >= 4 is 31.6 Å². The lowest BCUT2D eigenvalue weighted by atomic mass is 10.1. The van der Waals surface area contributed by atoms with Crippen molar-refractivity contribution in [1.82, 2.24) is 0 Å². The molecule has 0 spiro atoms. The van der Waals surface area contributed by atoms with Crippen molar-refractivity contribution in [2.45, 2.75) is 25.7 Å². The Morgan fingerprint density at radius 1 is 0.950 bits per heavy atom. The maximum atomic E-state index is 12.4. The summed E-state index contributed by atoms with van der Waals surface area (Å²) in [5.41, 5.74) is 3.41. The highest BCUT2D eigenvalue weighted by atomic mass is 79.9. The molecule has 5 heteroatoms. The quantitative estimate of drug-likeness (QED) is 0.899. The second-order valence-corrected chi connectivity index (χ2v) is 7.37. The van der Waals surface area contributed by atoms with Gasteiger partial charge in [-0.15, -0.1) is 0 Å². The molecule has 20 heavy (non-hydrogen) atoms. The number of nitrogens with one attached hydrogen (secondary N) is 1. The second-order valence-electron chi connectivity index (χ2n) is 4.83. The van der Waals surface area contributed by atoms with Gasteiger partial charge in [-0.1, -0.05) is 28.1 Å². The third kappa shape index (κ3) is 3.22. The summed E-state index contributed by atoms with van der Waals surface area (Å²) in [4.78, 5) is 0.263. The Labute approximate surface area is 128 Å². The van der Waals surface area contributed by atoms with Crippen LogP contribution in [-0.2, 0) is 10.0 Å². The molecule has 2 rings (SSSR count). The summed E-state index contributed by atoms with van der Waals surface area (Å²) in [6.45, 7) is 5.67. The Kier molecular flexibility index (Phi) is 4.20. The molecule has 2 aromatic carbocycles. The molecule has 0 bridgehead atoms. The van der Waals surface area contributed by atoms with Crippen molar-refractivity contribution in [1.29, 1.82) is 0 Å². The molecule has 106 valence electrons. The molecule has 1 N–H and O–H groups in total. The predicted molar refractivity (Wildman–Crippen MR) is 85.6 cm³/mol. The second kappa shape index (κ2) is 5.58. The zero-order chi connectivity index (χ0) is 14.9. The van der Waals surface area contributed by atoms with Gasteiger partial charge in [0.25, 0.3) is 10.0 Å². The van der Waals surface area contributed by atoms with Crippen LogP contribution in [0.5, 0.6) is 0 Å². The van der Waals surface area contributed by atoms with Crippen molar-refractivity contribution in [3.05, 3.63) is 57.6 Å². The van der Waals surface area contributed by atoms with E-state index in [9.17, 15) is 8.42 Å². The largest absolute Gasteiger partial charge is 0.279 e. The number of aryl methyl sites for hydroxylation is 3. The SMILES string of the molecule is Cc1ccc(C)c(NS(=O)(=O)c2ccc(Br)c(C)c2)c1. The molecule has 0 aromatic heterocycles. The standard InChI is InChI=1S/C15H16BrNO2S/c1-10-4-5-11(2)15(8-10)17-20(18,19)13-6-7-14(16)12(3)9-13/h4-9,17H,1-3H3. The zero-order valence-corrected chi connectivity index (χ0v) is 14.0. The van der Waals surface area contributed by atoms with E-state index in [4.69, 9.17) is 0 Å². The van der Waals surface area contributed by atoms with Crippen molar-refractivity contribution in [3.63, 3.8) is 0 Å². The van der Waals surface area contributed by atoms with Gasteiger partial charge in [-0.2, -0.15) is 0 Å². The van der Waals surface area contributed by atoms with Crippen LogP contribution in [0.3, 0.4) is 0 Å². The van der Waals surface area contributed by atoms with E-state index in [-0.39, 0.29) is 4.90 Å². The lowest BCUT2D eigenvalue weighted by Crippen LogP contribution is -2.14. The summed E-state index contributed by atoms with van der Waals surface area (Å²) in [6, 6.07) is 10.7. The van der Waals surface area contributed by atoms with E-state index < -0.39 is 10.0 Å². The number of rotatable bonds is 3. The molecule has 0 atom stereocenters. The van der Waals surface area contributed by atoms with Gasteiger partial charge in [0.05, 0.1) is 10.6 Å². The molecule has 0 saturated heterocycles. The first-order chi connectivity index (χ1) is 9.29. The molecule has 0 aliphatic heterocycles. The van der Waals surface area contributed by atoms with Crippen LogP contribution >= 0.6 is 15.9 Å². The first-order valence-electron chi connectivity index (χ1n) is 6.16. The fraction of sp³-hybridized carbons (Fsp3) is 0.200. The van der Waals surface area contributed by atoms with Crippen LogP contribution in [0.1, 0.15) is 16.7 Å². The Balaban J connectivity index is 2.40.